The Labute approximate surface area is 136 Å². The lowest BCUT2D eigenvalue weighted by Crippen LogP contribution is -2.27. The molecule has 126 valence electrons. The van der Waals surface area contributed by atoms with Crippen molar-refractivity contribution in [2.75, 3.05) is 21.3 Å². The summed E-state index contributed by atoms with van der Waals surface area (Å²) >= 11 is 0. The molecule has 0 aliphatic carbocycles. The van der Waals surface area contributed by atoms with Crippen LogP contribution in [0.15, 0.2) is 29.3 Å². The van der Waals surface area contributed by atoms with Gasteiger partial charge in [0.25, 0.3) is 0 Å². The van der Waals surface area contributed by atoms with Gasteiger partial charge in [-0.3, -0.25) is 4.68 Å². The third-order valence-corrected chi connectivity index (χ3v) is 5.41. The summed E-state index contributed by atoms with van der Waals surface area (Å²) in [4.78, 5) is 0.102. The Morgan fingerprint density at radius 1 is 1.26 bits per heavy atom. The summed E-state index contributed by atoms with van der Waals surface area (Å²) in [5, 5.41) is 4.23. The van der Waals surface area contributed by atoms with E-state index in [-0.39, 0.29) is 17.2 Å². The van der Waals surface area contributed by atoms with Crippen molar-refractivity contribution in [2.24, 2.45) is 7.05 Å². The molecule has 7 nitrogen and oxygen atoms in total. The Morgan fingerprint density at radius 2 is 1.96 bits per heavy atom. The van der Waals surface area contributed by atoms with Gasteiger partial charge in [0.2, 0.25) is 10.0 Å². The number of rotatable bonds is 6. The highest BCUT2D eigenvalue weighted by Crippen LogP contribution is 2.30. The number of nitrogens with zero attached hydrogens (tertiary/aromatic N) is 3. The van der Waals surface area contributed by atoms with E-state index < -0.39 is 10.0 Å². The molecule has 23 heavy (non-hydrogen) atoms. The lowest BCUT2D eigenvalue weighted by atomic mass is 10.3. The molecule has 0 aliphatic heterocycles. The number of ether oxygens (including phenoxy) is 2. The van der Waals surface area contributed by atoms with Gasteiger partial charge in [0.15, 0.2) is 0 Å². The summed E-state index contributed by atoms with van der Waals surface area (Å²) in [5.74, 6) is 0.783. The third kappa shape index (κ3) is 3.48. The zero-order valence-electron chi connectivity index (χ0n) is 13.9. The first kappa shape index (κ1) is 17.3. The minimum absolute atomic E-state index is 0.102. The minimum atomic E-state index is -3.70. The second-order valence-electron chi connectivity index (χ2n) is 5.19. The molecule has 0 unspecified atom stereocenters. The molecular weight excluding hydrogens is 318 g/mol. The van der Waals surface area contributed by atoms with E-state index in [1.807, 2.05) is 13.1 Å². The Morgan fingerprint density at radius 3 is 2.48 bits per heavy atom. The van der Waals surface area contributed by atoms with Gasteiger partial charge < -0.3 is 9.47 Å². The molecule has 0 aliphatic rings. The number of aromatic nitrogens is 2. The molecule has 1 heterocycles. The lowest BCUT2D eigenvalue weighted by molar-refractivity contribution is 0.383. The Hall–Kier alpha value is -2.06. The molecule has 0 saturated heterocycles. The molecule has 0 saturated carbocycles. The van der Waals surface area contributed by atoms with Crippen LogP contribution in [0.2, 0.25) is 0 Å². The number of benzene rings is 1. The lowest BCUT2D eigenvalue weighted by Gasteiger charge is -2.19. The number of hydrogen-bond donors (Lipinski definition) is 0. The molecule has 0 radical (unpaired) electrons. The fraction of sp³-hybridized carbons (Fsp3) is 0.400. The van der Waals surface area contributed by atoms with Crippen LogP contribution >= 0.6 is 0 Å². The van der Waals surface area contributed by atoms with Crippen molar-refractivity contribution in [1.29, 1.82) is 0 Å². The second kappa shape index (κ2) is 6.59. The summed E-state index contributed by atoms with van der Waals surface area (Å²) in [5.41, 5.74) is 1.65. The summed E-state index contributed by atoms with van der Waals surface area (Å²) in [6.45, 7) is 2.08. The van der Waals surface area contributed by atoms with Crippen molar-refractivity contribution in [3.8, 4) is 11.5 Å². The van der Waals surface area contributed by atoms with Crippen LogP contribution in [0.4, 0.5) is 0 Å². The largest absolute Gasteiger partial charge is 0.497 e. The third-order valence-electron chi connectivity index (χ3n) is 3.57. The molecule has 0 atom stereocenters. The maximum Gasteiger partial charge on any atom is 0.246 e. The minimum Gasteiger partial charge on any atom is -0.497 e. The highest BCUT2D eigenvalue weighted by Gasteiger charge is 2.26. The van der Waals surface area contributed by atoms with Gasteiger partial charge in [-0.1, -0.05) is 0 Å². The van der Waals surface area contributed by atoms with E-state index in [9.17, 15) is 8.42 Å². The van der Waals surface area contributed by atoms with Crippen LogP contribution in [0, 0.1) is 6.92 Å². The van der Waals surface area contributed by atoms with Crippen LogP contribution in [0.1, 0.15) is 11.3 Å². The first-order valence-electron chi connectivity index (χ1n) is 6.97. The SMILES string of the molecule is COc1ccc(S(=O)(=O)N(C)Cc2cn(C)nc2C)c(OC)c1. The topological polar surface area (TPSA) is 73.7 Å². The normalized spacial score (nSPS) is 11.7. The van der Waals surface area contributed by atoms with Gasteiger partial charge in [-0.05, 0) is 19.1 Å². The van der Waals surface area contributed by atoms with Gasteiger partial charge in [0.1, 0.15) is 16.4 Å². The first-order valence-corrected chi connectivity index (χ1v) is 8.41. The van der Waals surface area contributed by atoms with E-state index in [1.54, 1.807) is 23.9 Å². The maximum absolute atomic E-state index is 12.8. The monoisotopic (exact) mass is 339 g/mol. The van der Waals surface area contributed by atoms with Crippen molar-refractivity contribution in [3.63, 3.8) is 0 Å². The molecule has 2 rings (SSSR count). The molecule has 2 aromatic rings. The molecule has 0 amide bonds. The molecule has 0 bridgehead atoms. The van der Waals surface area contributed by atoms with Crippen molar-refractivity contribution in [1.82, 2.24) is 14.1 Å². The van der Waals surface area contributed by atoms with E-state index in [0.717, 1.165) is 11.3 Å². The van der Waals surface area contributed by atoms with Crippen LogP contribution < -0.4 is 9.47 Å². The van der Waals surface area contributed by atoms with Gasteiger partial charge in [0, 0.05) is 38.5 Å². The van der Waals surface area contributed by atoms with Gasteiger partial charge in [0.05, 0.1) is 19.9 Å². The van der Waals surface area contributed by atoms with Crippen LogP contribution in [-0.2, 0) is 23.6 Å². The fourth-order valence-electron chi connectivity index (χ4n) is 2.28. The Kier molecular flexibility index (Phi) is 4.96. The van der Waals surface area contributed by atoms with Crippen LogP contribution in [0.5, 0.6) is 11.5 Å². The summed E-state index contributed by atoms with van der Waals surface area (Å²) in [6, 6.07) is 4.63. The van der Waals surface area contributed by atoms with Crippen molar-refractivity contribution in [3.05, 3.63) is 35.7 Å². The summed E-state index contributed by atoms with van der Waals surface area (Å²) < 4.78 is 38.9. The fourth-order valence-corrected chi connectivity index (χ4v) is 3.57. The maximum atomic E-state index is 12.8. The molecule has 0 N–H and O–H groups in total. The van der Waals surface area contributed by atoms with Crippen LogP contribution in [-0.4, -0.2) is 43.8 Å². The van der Waals surface area contributed by atoms with Crippen molar-refractivity contribution < 1.29 is 17.9 Å². The van der Waals surface area contributed by atoms with E-state index in [4.69, 9.17) is 9.47 Å². The Bertz CT molecular complexity index is 799. The average molecular weight is 339 g/mol. The number of hydrogen-bond acceptors (Lipinski definition) is 5. The number of aryl methyl sites for hydroxylation is 2. The predicted molar refractivity (Wildman–Crippen MR) is 86.1 cm³/mol. The summed E-state index contributed by atoms with van der Waals surface area (Å²) in [7, 11) is 2.58. The zero-order chi connectivity index (χ0) is 17.2. The van der Waals surface area contributed by atoms with Crippen molar-refractivity contribution in [2.45, 2.75) is 18.4 Å². The predicted octanol–water partition coefficient (Wildman–Crippen LogP) is 1.57. The van der Waals surface area contributed by atoms with Crippen LogP contribution in [0.25, 0.3) is 0 Å². The second-order valence-corrected chi connectivity index (χ2v) is 7.20. The van der Waals surface area contributed by atoms with Gasteiger partial charge in [-0.15, -0.1) is 0 Å². The van der Waals surface area contributed by atoms with Crippen LogP contribution in [0.3, 0.4) is 0 Å². The van der Waals surface area contributed by atoms with Crippen molar-refractivity contribution >= 4 is 10.0 Å². The van der Waals surface area contributed by atoms with Gasteiger partial charge in [-0.2, -0.15) is 9.40 Å². The van der Waals surface area contributed by atoms with E-state index in [0.29, 0.717) is 5.75 Å². The average Bonchev–Trinajstić information content (AvgIpc) is 2.83. The first-order chi connectivity index (χ1) is 10.8. The summed E-state index contributed by atoms with van der Waals surface area (Å²) in [6.07, 6.45) is 1.81. The molecule has 8 heteroatoms. The molecule has 1 aromatic heterocycles. The molecular formula is C15H21N3O4S. The quantitative estimate of drug-likeness (QED) is 0.799. The van der Waals surface area contributed by atoms with E-state index in [1.165, 1.54) is 31.6 Å². The molecule has 0 fully saturated rings. The zero-order valence-corrected chi connectivity index (χ0v) is 14.7. The van der Waals surface area contributed by atoms with E-state index in [2.05, 4.69) is 5.10 Å². The van der Waals surface area contributed by atoms with E-state index >= 15 is 0 Å². The standard InChI is InChI=1S/C15H21N3O4S/c1-11-12(9-17(2)16-11)10-18(3)23(19,20)15-7-6-13(21-4)8-14(15)22-5/h6-9H,10H2,1-5H3. The molecule has 1 aromatic carbocycles. The number of sulfonamides is 1. The molecule has 0 spiro atoms. The highest BCUT2D eigenvalue weighted by molar-refractivity contribution is 7.89. The van der Waals surface area contributed by atoms with Gasteiger partial charge >= 0.3 is 0 Å². The highest BCUT2D eigenvalue weighted by atomic mass is 32.2. The Balaban J connectivity index is 2.35. The van der Waals surface area contributed by atoms with Gasteiger partial charge in [-0.25, -0.2) is 8.42 Å². The smallest absolute Gasteiger partial charge is 0.246 e. The number of methoxy groups -OCH3 is 2.